The van der Waals surface area contributed by atoms with Crippen LogP contribution in [0.2, 0.25) is 0 Å². The first-order valence-electron chi connectivity index (χ1n) is 6.76. The molecule has 1 aliphatic rings. The molecule has 18 heavy (non-hydrogen) atoms. The van der Waals surface area contributed by atoms with Gasteiger partial charge in [0.05, 0.1) is 6.54 Å². The van der Waals surface area contributed by atoms with Crippen molar-refractivity contribution in [2.45, 2.75) is 45.9 Å². The van der Waals surface area contributed by atoms with E-state index in [-0.39, 0.29) is 11.9 Å². The van der Waals surface area contributed by atoms with Crippen LogP contribution in [0, 0.1) is 5.92 Å². The van der Waals surface area contributed by atoms with E-state index in [1.54, 1.807) is 11.8 Å². The number of hydrogen-bond donors (Lipinski definition) is 1. The highest BCUT2D eigenvalue weighted by atomic mass is 32.2. The van der Waals surface area contributed by atoms with Crippen LogP contribution in [0.4, 0.5) is 0 Å². The zero-order chi connectivity index (χ0) is 13.7. The lowest BCUT2D eigenvalue weighted by Crippen LogP contribution is -2.46. The lowest BCUT2D eigenvalue weighted by atomic mass is 10.1. The first-order valence-corrected chi connectivity index (χ1v) is 7.63. The summed E-state index contributed by atoms with van der Waals surface area (Å²) in [7, 11) is 0. The summed E-state index contributed by atoms with van der Waals surface area (Å²) in [6.45, 7) is 12.7. The van der Waals surface area contributed by atoms with Gasteiger partial charge in [-0.15, -0.1) is 0 Å². The molecular weight excluding hydrogens is 246 g/mol. The standard InChI is InChI=1S/C13H25N3OS/c1-6-16(7-2)12(17)10(5)15-13-14-8-11(18-13)9(3)4/h9-11H,6-8H2,1-5H3,(H,14,15). The average molecular weight is 271 g/mol. The quantitative estimate of drug-likeness (QED) is 0.831. The van der Waals surface area contributed by atoms with Crippen LogP contribution in [0.3, 0.4) is 0 Å². The first kappa shape index (κ1) is 15.3. The third-order valence-corrected chi connectivity index (χ3v) is 4.67. The zero-order valence-corrected chi connectivity index (χ0v) is 12.9. The van der Waals surface area contributed by atoms with Crippen LogP contribution < -0.4 is 5.32 Å². The Labute approximate surface area is 115 Å². The monoisotopic (exact) mass is 271 g/mol. The number of nitrogens with one attached hydrogen (secondary N) is 1. The van der Waals surface area contributed by atoms with Crippen molar-refractivity contribution in [2.24, 2.45) is 10.9 Å². The van der Waals surface area contributed by atoms with Gasteiger partial charge in [-0.3, -0.25) is 9.79 Å². The van der Waals surface area contributed by atoms with Crippen LogP contribution in [0.25, 0.3) is 0 Å². The van der Waals surface area contributed by atoms with Gasteiger partial charge in [-0.05, 0) is 26.7 Å². The molecule has 2 atom stereocenters. The summed E-state index contributed by atoms with van der Waals surface area (Å²) in [6.07, 6.45) is 0. The molecule has 1 amide bonds. The van der Waals surface area contributed by atoms with E-state index in [1.165, 1.54) is 0 Å². The van der Waals surface area contributed by atoms with Gasteiger partial charge in [-0.25, -0.2) is 0 Å². The third-order valence-electron chi connectivity index (χ3n) is 3.21. The Hall–Kier alpha value is -0.710. The number of carbonyl (C=O) groups is 1. The Kier molecular flexibility index (Phi) is 5.99. The SMILES string of the molecule is CCN(CC)C(=O)C(C)NC1=NCC(C(C)C)S1. The topological polar surface area (TPSA) is 44.7 Å². The van der Waals surface area contributed by atoms with Crippen LogP contribution in [-0.4, -0.2) is 46.9 Å². The molecule has 0 spiro atoms. The smallest absolute Gasteiger partial charge is 0.244 e. The molecule has 0 aromatic carbocycles. The van der Waals surface area contributed by atoms with Crippen molar-refractivity contribution in [1.82, 2.24) is 10.2 Å². The predicted molar refractivity (Wildman–Crippen MR) is 79.0 cm³/mol. The fraction of sp³-hybridized carbons (Fsp3) is 0.846. The van der Waals surface area contributed by atoms with Crippen molar-refractivity contribution in [2.75, 3.05) is 19.6 Å². The van der Waals surface area contributed by atoms with Gasteiger partial charge in [0.2, 0.25) is 5.91 Å². The van der Waals surface area contributed by atoms with Gasteiger partial charge in [0, 0.05) is 18.3 Å². The number of thioether (sulfide) groups is 1. The molecule has 0 aromatic rings. The minimum atomic E-state index is -0.193. The average Bonchev–Trinajstić information content (AvgIpc) is 2.79. The van der Waals surface area contributed by atoms with Gasteiger partial charge in [0.15, 0.2) is 5.17 Å². The van der Waals surface area contributed by atoms with Crippen LogP contribution >= 0.6 is 11.8 Å². The molecule has 0 fully saturated rings. The summed E-state index contributed by atoms with van der Waals surface area (Å²) < 4.78 is 0. The van der Waals surface area contributed by atoms with Gasteiger partial charge < -0.3 is 10.2 Å². The zero-order valence-electron chi connectivity index (χ0n) is 12.1. The number of likely N-dealkylation sites (N-methyl/N-ethyl adjacent to an activating group) is 1. The maximum absolute atomic E-state index is 12.1. The predicted octanol–water partition coefficient (Wildman–Crippen LogP) is 1.96. The number of nitrogens with zero attached hydrogens (tertiary/aromatic N) is 2. The summed E-state index contributed by atoms with van der Waals surface area (Å²) >= 11 is 1.76. The maximum atomic E-state index is 12.1. The van der Waals surface area contributed by atoms with Gasteiger partial charge >= 0.3 is 0 Å². The van der Waals surface area contributed by atoms with Crippen molar-refractivity contribution >= 4 is 22.8 Å². The minimum Gasteiger partial charge on any atom is -0.353 e. The Morgan fingerprint density at radius 2 is 2.06 bits per heavy atom. The van der Waals surface area contributed by atoms with E-state index in [4.69, 9.17) is 0 Å². The number of carbonyl (C=O) groups excluding carboxylic acids is 1. The van der Waals surface area contributed by atoms with Crippen molar-refractivity contribution in [3.05, 3.63) is 0 Å². The summed E-state index contributed by atoms with van der Waals surface area (Å²) in [6, 6.07) is -0.193. The molecular formula is C13H25N3OS. The first-order chi connectivity index (χ1) is 8.49. The molecule has 0 bridgehead atoms. The second kappa shape index (κ2) is 7.02. The molecule has 0 saturated heterocycles. The van der Waals surface area contributed by atoms with Crippen LogP contribution in [-0.2, 0) is 4.79 Å². The molecule has 1 rings (SSSR count). The lowest BCUT2D eigenvalue weighted by Gasteiger charge is -2.24. The fourth-order valence-electron chi connectivity index (χ4n) is 1.87. The molecule has 5 heteroatoms. The van der Waals surface area contributed by atoms with Gasteiger partial charge in [0.25, 0.3) is 0 Å². The molecule has 0 aliphatic carbocycles. The number of amidine groups is 1. The number of rotatable bonds is 5. The molecule has 1 aliphatic heterocycles. The van der Waals surface area contributed by atoms with E-state index in [9.17, 15) is 4.79 Å². The fourth-order valence-corrected chi connectivity index (χ4v) is 2.98. The van der Waals surface area contributed by atoms with E-state index in [2.05, 4.69) is 24.2 Å². The number of amides is 1. The maximum Gasteiger partial charge on any atom is 0.244 e. The Morgan fingerprint density at radius 3 is 2.50 bits per heavy atom. The molecule has 0 aromatic heterocycles. The molecule has 1 heterocycles. The van der Waals surface area contributed by atoms with Crippen LogP contribution in [0.1, 0.15) is 34.6 Å². The van der Waals surface area contributed by atoms with Crippen molar-refractivity contribution in [1.29, 1.82) is 0 Å². The Morgan fingerprint density at radius 1 is 1.44 bits per heavy atom. The second-order valence-corrected chi connectivity index (χ2v) is 6.15. The summed E-state index contributed by atoms with van der Waals surface area (Å²) in [5.41, 5.74) is 0. The summed E-state index contributed by atoms with van der Waals surface area (Å²) in [5, 5.41) is 4.70. The Balaban J connectivity index is 2.46. The number of aliphatic imine (C=N–C) groups is 1. The molecule has 1 N–H and O–H groups in total. The van der Waals surface area contributed by atoms with Gasteiger partial charge in [0.1, 0.15) is 6.04 Å². The largest absolute Gasteiger partial charge is 0.353 e. The van der Waals surface area contributed by atoms with E-state index in [0.717, 1.165) is 24.8 Å². The van der Waals surface area contributed by atoms with Crippen LogP contribution in [0.15, 0.2) is 4.99 Å². The van der Waals surface area contributed by atoms with Gasteiger partial charge in [-0.2, -0.15) is 0 Å². The van der Waals surface area contributed by atoms with E-state index in [1.807, 2.05) is 25.7 Å². The van der Waals surface area contributed by atoms with E-state index < -0.39 is 0 Å². The lowest BCUT2D eigenvalue weighted by molar-refractivity contribution is -0.132. The normalized spacial score (nSPS) is 20.8. The van der Waals surface area contributed by atoms with E-state index in [0.29, 0.717) is 11.2 Å². The van der Waals surface area contributed by atoms with Crippen LogP contribution in [0.5, 0.6) is 0 Å². The van der Waals surface area contributed by atoms with Crippen molar-refractivity contribution < 1.29 is 4.79 Å². The summed E-state index contributed by atoms with van der Waals surface area (Å²) in [5.74, 6) is 0.767. The highest BCUT2D eigenvalue weighted by Gasteiger charge is 2.25. The molecule has 0 radical (unpaired) electrons. The second-order valence-electron chi connectivity index (χ2n) is 4.92. The highest BCUT2D eigenvalue weighted by molar-refractivity contribution is 8.14. The van der Waals surface area contributed by atoms with Gasteiger partial charge in [-0.1, -0.05) is 25.6 Å². The molecule has 4 nitrogen and oxygen atoms in total. The third kappa shape index (κ3) is 3.90. The molecule has 104 valence electrons. The number of hydrogen-bond acceptors (Lipinski definition) is 4. The molecule has 0 saturated carbocycles. The summed E-state index contributed by atoms with van der Waals surface area (Å²) in [4.78, 5) is 18.4. The highest BCUT2D eigenvalue weighted by Crippen LogP contribution is 2.26. The van der Waals surface area contributed by atoms with Crippen molar-refractivity contribution in [3.63, 3.8) is 0 Å². The minimum absolute atomic E-state index is 0.149. The van der Waals surface area contributed by atoms with Crippen molar-refractivity contribution in [3.8, 4) is 0 Å². The Bertz CT molecular complexity index is 313. The molecule has 2 unspecified atom stereocenters. The van der Waals surface area contributed by atoms with E-state index >= 15 is 0 Å².